The second-order valence-corrected chi connectivity index (χ2v) is 9.64. The molecule has 0 saturated carbocycles. The average Bonchev–Trinajstić information content (AvgIpc) is 2.68. The summed E-state index contributed by atoms with van der Waals surface area (Å²) in [5.41, 5.74) is 3.16. The Labute approximate surface area is 167 Å². The predicted octanol–water partition coefficient (Wildman–Crippen LogP) is 1.90. The van der Waals surface area contributed by atoms with Gasteiger partial charge >= 0.3 is 0 Å². The zero-order valence-electron chi connectivity index (χ0n) is 16.6. The Bertz CT molecular complexity index is 957. The lowest BCUT2D eigenvalue weighted by Crippen LogP contribution is -2.92. The molecule has 0 radical (unpaired) electrons. The van der Waals surface area contributed by atoms with E-state index < -0.39 is 10.0 Å². The topological polar surface area (TPSA) is 83.1 Å². The fourth-order valence-electron chi connectivity index (χ4n) is 3.63. The number of hydrogen-bond acceptors (Lipinski definition) is 3. The van der Waals surface area contributed by atoms with E-state index in [4.69, 9.17) is 0 Å². The maximum Gasteiger partial charge on any atom is 0.282 e. The fraction of sp³-hybridized carbons (Fsp3) is 0.381. The standard InChI is InChI=1S/C21H27N3O3S/c1-15(22-20-13-6-9-16-8-4-5-12-19(16)20)21(25)23-17-10-7-11-18(14-17)28(26,27)24(2)3/h4-5,7-8,10-12,14-15,20,22H,6,9,13H2,1-3H3,(H,23,25)/p+1/t15-,20+/m1/s1. The van der Waals surface area contributed by atoms with Crippen LogP contribution in [0.2, 0.25) is 0 Å². The first-order valence-electron chi connectivity index (χ1n) is 9.55. The smallest absolute Gasteiger partial charge is 0.282 e. The van der Waals surface area contributed by atoms with Crippen LogP contribution in [0.25, 0.3) is 0 Å². The van der Waals surface area contributed by atoms with Gasteiger partial charge in [0.2, 0.25) is 10.0 Å². The number of benzene rings is 2. The summed E-state index contributed by atoms with van der Waals surface area (Å²) >= 11 is 0. The van der Waals surface area contributed by atoms with Crippen LogP contribution < -0.4 is 10.6 Å². The number of fused-ring (bicyclic) bond motifs is 1. The van der Waals surface area contributed by atoms with Crippen molar-refractivity contribution in [3.05, 3.63) is 59.7 Å². The molecule has 6 nitrogen and oxygen atoms in total. The molecule has 7 heteroatoms. The second kappa shape index (κ2) is 8.43. The van der Waals surface area contributed by atoms with Gasteiger partial charge in [0.25, 0.3) is 5.91 Å². The quantitative estimate of drug-likeness (QED) is 0.774. The maximum absolute atomic E-state index is 12.7. The largest absolute Gasteiger partial charge is 0.330 e. The summed E-state index contributed by atoms with van der Waals surface area (Å²) in [6.45, 7) is 1.88. The van der Waals surface area contributed by atoms with Gasteiger partial charge in [-0.05, 0) is 43.5 Å². The van der Waals surface area contributed by atoms with Crippen LogP contribution in [0.5, 0.6) is 0 Å². The van der Waals surface area contributed by atoms with Crippen LogP contribution in [0.3, 0.4) is 0 Å². The monoisotopic (exact) mass is 402 g/mol. The number of nitrogens with one attached hydrogen (secondary N) is 1. The van der Waals surface area contributed by atoms with Crippen LogP contribution in [0.4, 0.5) is 5.69 Å². The summed E-state index contributed by atoms with van der Waals surface area (Å²) in [6.07, 6.45) is 3.26. The molecular weight excluding hydrogens is 374 g/mol. The molecule has 1 amide bonds. The number of sulfonamides is 1. The number of anilines is 1. The van der Waals surface area contributed by atoms with Gasteiger partial charge in [-0.1, -0.05) is 30.3 Å². The third-order valence-electron chi connectivity index (χ3n) is 5.23. The molecule has 0 heterocycles. The highest BCUT2D eigenvalue weighted by Gasteiger charge is 2.27. The van der Waals surface area contributed by atoms with Crippen molar-refractivity contribution in [1.82, 2.24) is 4.31 Å². The number of carbonyl (C=O) groups is 1. The van der Waals surface area contributed by atoms with Gasteiger partial charge in [-0.2, -0.15) is 0 Å². The van der Waals surface area contributed by atoms with Crippen molar-refractivity contribution in [1.29, 1.82) is 0 Å². The minimum Gasteiger partial charge on any atom is -0.330 e. The molecule has 0 saturated heterocycles. The van der Waals surface area contributed by atoms with E-state index in [1.165, 1.54) is 37.4 Å². The summed E-state index contributed by atoms with van der Waals surface area (Å²) < 4.78 is 25.7. The lowest BCUT2D eigenvalue weighted by Gasteiger charge is -2.26. The van der Waals surface area contributed by atoms with Gasteiger partial charge in [0.05, 0.1) is 4.90 Å². The molecule has 3 N–H and O–H groups in total. The molecule has 0 aromatic heterocycles. The summed E-state index contributed by atoms with van der Waals surface area (Å²) in [4.78, 5) is 12.9. The number of nitrogens with zero attached hydrogens (tertiary/aromatic N) is 1. The Balaban J connectivity index is 1.69. The Morgan fingerprint density at radius 1 is 1.18 bits per heavy atom. The van der Waals surface area contributed by atoms with Crippen molar-refractivity contribution >= 4 is 21.6 Å². The van der Waals surface area contributed by atoms with E-state index in [0.717, 1.165) is 23.6 Å². The normalized spacial score (nSPS) is 17.8. The minimum absolute atomic E-state index is 0.137. The van der Waals surface area contributed by atoms with Crippen LogP contribution in [0.15, 0.2) is 53.4 Å². The van der Waals surface area contributed by atoms with Gasteiger partial charge in [-0.15, -0.1) is 0 Å². The van der Waals surface area contributed by atoms with E-state index in [1.54, 1.807) is 12.1 Å². The van der Waals surface area contributed by atoms with Gasteiger partial charge < -0.3 is 10.6 Å². The van der Waals surface area contributed by atoms with Gasteiger partial charge in [-0.25, -0.2) is 12.7 Å². The second-order valence-electron chi connectivity index (χ2n) is 7.48. The zero-order chi connectivity index (χ0) is 20.3. The Morgan fingerprint density at radius 3 is 2.68 bits per heavy atom. The fourth-order valence-corrected chi connectivity index (χ4v) is 4.58. The highest BCUT2D eigenvalue weighted by Crippen LogP contribution is 2.26. The van der Waals surface area contributed by atoms with Crippen LogP contribution in [-0.4, -0.2) is 38.8 Å². The average molecular weight is 403 g/mol. The van der Waals surface area contributed by atoms with Crippen molar-refractivity contribution in [2.75, 3.05) is 19.4 Å². The number of rotatable bonds is 6. The predicted molar refractivity (Wildman–Crippen MR) is 109 cm³/mol. The van der Waals surface area contributed by atoms with Gasteiger partial charge in [0, 0.05) is 31.8 Å². The van der Waals surface area contributed by atoms with Crippen molar-refractivity contribution < 1.29 is 18.5 Å². The molecule has 2 atom stereocenters. The Morgan fingerprint density at radius 2 is 1.93 bits per heavy atom. The van der Waals surface area contributed by atoms with Gasteiger partial charge in [0.15, 0.2) is 6.04 Å². The first kappa shape index (κ1) is 20.5. The summed E-state index contributed by atoms with van der Waals surface area (Å²) in [5, 5.41) is 4.96. The molecule has 0 bridgehead atoms. The lowest BCUT2D eigenvalue weighted by atomic mass is 9.87. The molecule has 150 valence electrons. The minimum atomic E-state index is -3.54. The van der Waals surface area contributed by atoms with Crippen molar-refractivity contribution in [3.63, 3.8) is 0 Å². The SMILES string of the molecule is C[C@@H]([NH2+][C@H]1CCCc2ccccc21)C(=O)Nc1cccc(S(=O)(=O)N(C)C)c1. The number of aryl methyl sites for hydroxylation is 1. The number of amides is 1. The Kier molecular flexibility index (Phi) is 6.17. The lowest BCUT2D eigenvalue weighted by molar-refractivity contribution is -0.714. The van der Waals surface area contributed by atoms with E-state index in [9.17, 15) is 13.2 Å². The molecule has 1 aliphatic rings. The van der Waals surface area contributed by atoms with E-state index in [1.807, 2.05) is 13.0 Å². The molecule has 3 rings (SSSR count). The molecule has 0 fully saturated rings. The van der Waals surface area contributed by atoms with Crippen LogP contribution in [-0.2, 0) is 21.2 Å². The third kappa shape index (κ3) is 4.43. The summed E-state index contributed by atoms with van der Waals surface area (Å²) in [5.74, 6) is -0.137. The first-order chi connectivity index (χ1) is 13.3. The van der Waals surface area contributed by atoms with Gasteiger partial charge in [-0.3, -0.25) is 4.79 Å². The summed E-state index contributed by atoms with van der Waals surface area (Å²) in [7, 11) is -0.566. The van der Waals surface area contributed by atoms with Crippen molar-refractivity contribution in [3.8, 4) is 0 Å². The first-order valence-corrected chi connectivity index (χ1v) is 11.0. The van der Waals surface area contributed by atoms with Crippen LogP contribution in [0, 0.1) is 0 Å². The molecule has 1 aliphatic carbocycles. The molecule has 2 aromatic carbocycles. The van der Waals surface area contributed by atoms with E-state index in [0.29, 0.717) is 5.69 Å². The number of nitrogens with two attached hydrogens (primary N) is 1. The third-order valence-corrected chi connectivity index (χ3v) is 7.04. The van der Waals surface area contributed by atoms with E-state index >= 15 is 0 Å². The molecular formula is C21H28N3O3S+. The number of carbonyl (C=O) groups excluding carboxylic acids is 1. The molecule has 28 heavy (non-hydrogen) atoms. The van der Waals surface area contributed by atoms with E-state index in [-0.39, 0.29) is 22.9 Å². The van der Waals surface area contributed by atoms with E-state index in [2.05, 4.69) is 28.8 Å². The molecule has 0 spiro atoms. The van der Waals surface area contributed by atoms with Crippen LogP contribution in [0.1, 0.15) is 36.9 Å². The molecule has 0 aliphatic heterocycles. The zero-order valence-corrected chi connectivity index (χ0v) is 17.4. The number of quaternary nitrogens is 1. The maximum atomic E-state index is 12.7. The van der Waals surface area contributed by atoms with Crippen LogP contribution >= 0.6 is 0 Å². The molecule has 0 unspecified atom stereocenters. The Hall–Kier alpha value is -2.22. The highest BCUT2D eigenvalue weighted by molar-refractivity contribution is 7.89. The summed E-state index contributed by atoms with van der Waals surface area (Å²) in [6, 6.07) is 14.8. The number of hydrogen-bond donors (Lipinski definition) is 2. The van der Waals surface area contributed by atoms with Gasteiger partial charge in [0.1, 0.15) is 6.04 Å². The highest BCUT2D eigenvalue weighted by atomic mass is 32.2. The van der Waals surface area contributed by atoms with Crippen molar-refractivity contribution in [2.45, 2.75) is 43.2 Å². The molecule has 2 aromatic rings. The van der Waals surface area contributed by atoms with Crippen molar-refractivity contribution in [2.24, 2.45) is 0 Å².